The number of fused-ring (bicyclic) bond motifs is 5. The summed E-state index contributed by atoms with van der Waals surface area (Å²) in [6, 6.07) is 67.5. The van der Waals surface area contributed by atoms with Crippen molar-refractivity contribution in [1.29, 1.82) is 0 Å². The molecule has 0 fully saturated rings. The van der Waals surface area contributed by atoms with Crippen LogP contribution in [-0.4, -0.2) is 0 Å². The predicted molar refractivity (Wildman–Crippen MR) is 202 cm³/mol. The van der Waals surface area contributed by atoms with Gasteiger partial charge in [-0.05, 0) is 90.3 Å². The molecule has 0 atom stereocenters. The maximum absolute atomic E-state index is 2.48. The second kappa shape index (κ2) is 10.7. The van der Waals surface area contributed by atoms with Crippen molar-refractivity contribution in [3.05, 3.63) is 204 Å². The van der Waals surface area contributed by atoms with Crippen LogP contribution in [0.5, 0.6) is 0 Å². The quantitative estimate of drug-likeness (QED) is 0.187. The van der Waals surface area contributed by atoms with Crippen LogP contribution in [0.2, 0.25) is 0 Å². The molecule has 0 nitrogen and oxygen atoms in total. The zero-order valence-corrected chi connectivity index (χ0v) is 27.0. The lowest BCUT2D eigenvalue weighted by molar-refractivity contribution is 0.769. The maximum Gasteiger partial charge on any atom is 0.0713 e. The van der Waals surface area contributed by atoms with Crippen LogP contribution in [-0.2, 0) is 5.41 Å². The van der Waals surface area contributed by atoms with Gasteiger partial charge in [0.05, 0.1) is 5.41 Å². The van der Waals surface area contributed by atoms with E-state index in [1.165, 1.54) is 87.3 Å². The SMILES string of the molecule is c1ccc(C2(c3ccccc3)c3ccccc3-c3ccc(-c4ccccc4-c4ccc5c6c(cccc46)-c4ccccc4S5)cc32)cc1. The summed E-state index contributed by atoms with van der Waals surface area (Å²) in [4.78, 5) is 2.65. The van der Waals surface area contributed by atoms with E-state index in [9.17, 15) is 0 Å². The highest BCUT2D eigenvalue weighted by Crippen LogP contribution is 2.57. The highest BCUT2D eigenvalue weighted by atomic mass is 32.2. The first-order chi connectivity index (χ1) is 23.8. The summed E-state index contributed by atoms with van der Waals surface area (Å²) in [5.41, 5.74) is 15.1. The number of hydrogen-bond acceptors (Lipinski definition) is 1. The average molecular weight is 627 g/mol. The van der Waals surface area contributed by atoms with Gasteiger partial charge in [0, 0.05) is 15.2 Å². The Hall–Kier alpha value is -5.63. The van der Waals surface area contributed by atoms with Crippen LogP contribution in [0.25, 0.3) is 55.3 Å². The fourth-order valence-corrected chi connectivity index (χ4v) is 9.53. The maximum atomic E-state index is 2.48. The zero-order valence-electron chi connectivity index (χ0n) is 26.2. The fourth-order valence-electron chi connectivity index (χ4n) is 8.40. The molecular formula is C47H30S. The topological polar surface area (TPSA) is 0 Å². The molecule has 0 unspecified atom stereocenters. The van der Waals surface area contributed by atoms with Crippen LogP contribution in [0, 0.1) is 0 Å². The van der Waals surface area contributed by atoms with Gasteiger partial charge in [-0.25, -0.2) is 0 Å². The first-order valence-electron chi connectivity index (χ1n) is 16.6. The molecule has 0 aromatic heterocycles. The molecule has 8 aromatic rings. The van der Waals surface area contributed by atoms with Crippen molar-refractivity contribution in [2.45, 2.75) is 15.2 Å². The number of rotatable bonds is 4. The van der Waals surface area contributed by atoms with E-state index >= 15 is 0 Å². The van der Waals surface area contributed by atoms with Gasteiger partial charge in [0.15, 0.2) is 0 Å². The first-order valence-corrected chi connectivity index (χ1v) is 17.4. The van der Waals surface area contributed by atoms with Gasteiger partial charge in [-0.15, -0.1) is 0 Å². The van der Waals surface area contributed by atoms with Crippen molar-refractivity contribution in [3.63, 3.8) is 0 Å². The molecule has 0 saturated heterocycles. The molecule has 0 N–H and O–H groups in total. The Morgan fingerprint density at radius 3 is 1.69 bits per heavy atom. The van der Waals surface area contributed by atoms with Crippen molar-refractivity contribution >= 4 is 22.5 Å². The van der Waals surface area contributed by atoms with Gasteiger partial charge >= 0.3 is 0 Å². The summed E-state index contributed by atoms with van der Waals surface area (Å²) in [5, 5.41) is 2.65. The Labute approximate surface area is 285 Å². The second-order valence-electron chi connectivity index (χ2n) is 12.8. The van der Waals surface area contributed by atoms with Gasteiger partial charge in [0.1, 0.15) is 0 Å². The van der Waals surface area contributed by atoms with E-state index in [-0.39, 0.29) is 0 Å². The van der Waals surface area contributed by atoms with Crippen molar-refractivity contribution in [2.75, 3.05) is 0 Å². The molecule has 1 heteroatoms. The third-order valence-electron chi connectivity index (χ3n) is 10.4. The van der Waals surface area contributed by atoms with Gasteiger partial charge in [-0.1, -0.05) is 176 Å². The second-order valence-corrected chi connectivity index (χ2v) is 13.9. The highest BCUT2D eigenvalue weighted by Gasteiger charge is 2.46. The summed E-state index contributed by atoms with van der Waals surface area (Å²) in [5.74, 6) is 0. The molecule has 1 aliphatic heterocycles. The summed E-state index contributed by atoms with van der Waals surface area (Å²) >= 11 is 1.88. The van der Waals surface area contributed by atoms with E-state index in [0.717, 1.165) is 0 Å². The third-order valence-corrected chi connectivity index (χ3v) is 11.5. The molecule has 0 saturated carbocycles. The molecule has 1 aliphatic carbocycles. The summed E-state index contributed by atoms with van der Waals surface area (Å²) in [6.07, 6.45) is 0. The van der Waals surface area contributed by atoms with E-state index in [0.29, 0.717) is 0 Å². The number of benzene rings is 8. The molecule has 0 amide bonds. The Balaban J connectivity index is 1.22. The standard InChI is InChI=1S/C47H30S/c1-3-14-32(15-4-1)47(33-16-5-2-6-17-33)42-24-11-9-20-37(42)38-27-26-31(30-43(38)47)34-18-7-8-19-35(34)36-28-29-45-46-40(36)22-13-23-41(46)39-21-10-12-25-44(39)48-45/h1-30H. The van der Waals surface area contributed by atoms with Crippen molar-refractivity contribution in [3.8, 4) is 44.5 Å². The van der Waals surface area contributed by atoms with E-state index < -0.39 is 5.41 Å². The molecule has 0 bridgehead atoms. The van der Waals surface area contributed by atoms with E-state index in [1.54, 1.807) is 0 Å². The molecule has 2 aliphatic rings. The molecule has 48 heavy (non-hydrogen) atoms. The Morgan fingerprint density at radius 2 is 0.917 bits per heavy atom. The minimum Gasteiger partial charge on any atom is -0.0888 e. The van der Waals surface area contributed by atoms with Crippen LogP contribution in [0.15, 0.2) is 192 Å². The van der Waals surface area contributed by atoms with Gasteiger partial charge in [-0.3, -0.25) is 0 Å². The minimum absolute atomic E-state index is 0.426. The van der Waals surface area contributed by atoms with Gasteiger partial charge in [-0.2, -0.15) is 0 Å². The smallest absolute Gasteiger partial charge is 0.0713 e. The Kier molecular flexibility index (Phi) is 6.13. The molecular weight excluding hydrogens is 597 g/mol. The van der Waals surface area contributed by atoms with Crippen molar-refractivity contribution in [1.82, 2.24) is 0 Å². The number of hydrogen-bond donors (Lipinski definition) is 0. The molecule has 8 aromatic carbocycles. The van der Waals surface area contributed by atoms with Crippen LogP contribution >= 0.6 is 11.8 Å². The fraction of sp³-hybridized carbons (Fsp3) is 0.0213. The lowest BCUT2D eigenvalue weighted by Crippen LogP contribution is -2.28. The molecule has 10 rings (SSSR count). The minimum atomic E-state index is -0.426. The molecule has 1 heterocycles. The van der Waals surface area contributed by atoms with Gasteiger partial charge < -0.3 is 0 Å². The lowest BCUT2D eigenvalue weighted by atomic mass is 9.67. The zero-order chi connectivity index (χ0) is 31.7. The van der Waals surface area contributed by atoms with E-state index in [1.807, 2.05) is 11.8 Å². The lowest BCUT2D eigenvalue weighted by Gasteiger charge is -2.34. The van der Waals surface area contributed by atoms with Gasteiger partial charge in [0.25, 0.3) is 0 Å². The Morgan fingerprint density at radius 1 is 0.333 bits per heavy atom. The Bertz CT molecular complexity index is 2490. The molecule has 0 radical (unpaired) electrons. The van der Waals surface area contributed by atoms with E-state index in [4.69, 9.17) is 0 Å². The van der Waals surface area contributed by atoms with Crippen LogP contribution in [0.3, 0.4) is 0 Å². The average Bonchev–Trinajstić information content (AvgIpc) is 3.46. The van der Waals surface area contributed by atoms with Crippen molar-refractivity contribution in [2.24, 2.45) is 0 Å². The largest absolute Gasteiger partial charge is 0.0888 e. The third kappa shape index (κ3) is 3.86. The predicted octanol–water partition coefficient (Wildman–Crippen LogP) is 12.7. The van der Waals surface area contributed by atoms with E-state index in [2.05, 4.69) is 182 Å². The van der Waals surface area contributed by atoms with Crippen LogP contribution < -0.4 is 0 Å². The van der Waals surface area contributed by atoms with Crippen LogP contribution in [0.1, 0.15) is 22.3 Å². The molecule has 224 valence electrons. The first kappa shape index (κ1) is 27.5. The normalized spacial score (nSPS) is 13.5. The highest BCUT2D eigenvalue weighted by molar-refractivity contribution is 7.99. The van der Waals surface area contributed by atoms with Gasteiger partial charge in [0.2, 0.25) is 0 Å². The summed E-state index contributed by atoms with van der Waals surface area (Å²) in [6.45, 7) is 0. The summed E-state index contributed by atoms with van der Waals surface area (Å²) < 4.78 is 0. The van der Waals surface area contributed by atoms with Crippen LogP contribution in [0.4, 0.5) is 0 Å². The van der Waals surface area contributed by atoms with Crippen molar-refractivity contribution < 1.29 is 0 Å². The summed E-state index contributed by atoms with van der Waals surface area (Å²) in [7, 11) is 0. The monoisotopic (exact) mass is 626 g/mol. The molecule has 0 spiro atoms.